The number of esters is 1. The summed E-state index contributed by atoms with van der Waals surface area (Å²) in [7, 11) is 0. The molecule has 0 amide bonds. The lowest BCUT2D eigenvalue weighted by molar-refractivity contribution is -0.152. The molecule has 6 rings (SSSR count). The molecule has 32 heavy (non-hydrogen) atoms. The van der Waals surface area contributed by atoms with Gasteiger partial charge in [-0.1, -0.05) is 56.3 Å². The minimum atomic E-state index is -1.15. The number of hydrogen-bond acceptors (Lipinski definition) is 6. The number of carbonyl (C=O) groups is 2. The fourth-order valence-corrected chi connectivity index (χ4v) is 4.92. The van der Waals surface area contributed by atoms with E-state index in [1.807, 2.05) is 44.2 Å². The van der Waals surface area contributed by atoms with E-state index in [-0.39, 0.29) is 53.4 Å². The van der Waals surface area contributed by atoms with E-state index in [1.165, 1.54) is 17.7 Å². The highest BCUT2D eigenvalue weighted by atomic mass is 16.6. The van der Waals surface area contributed by atoms with Gasteiger partial charge in [0.15, 0.2) is 6.10 Å². The predicted molar refractivity (Wildman–Crippen MR) is 117 cm³/mol. The number of nitrogens with two attached hydrogens (primary N) is 1. The van der Waals surface area contributed by atoms with Crippen molar-refractivity contribution in [3.05, 3.63) is 71.3 Å². The molecule has 7 heteroatoms. The Bertz CT molecular complexity index is 973. The second-order valence-electron chi connectivity index (χ2n) is 8.77. The fourth-order valence-electron chi connectivity index (χ4n) is 4.92. The Morgan fingerprint density at radius 3 is 2.03 bits per heavy atom. The van der Waals surface area contributed by atoms with Crippen molar-refractivity contribution in [1.82, 2.24) is 0 Å². The number of carboxylic acids is 1. The van der Waals surface area contributed by atoms with Crippen LogP contribution in [0.1, 0.15) is 53.1 Å². The maximum atomic E-state index is 12.5. The summed E-state index contributed by atoms with van der Waals surface area (Å²) in [6.07, 6.45) is -0.817. The molecule has 170 valence electrons. The van der Waals surface area contributed by atoms with Crippen molar-refractivity contribution < 1.29 is 28.9 Å². The van der Waals surface area contributed by atoms with Gasteiger partial charge in [0.2, 0.25) is 0 Å². The number of carbonyl (C=O) groups excluding carboxylic acids is 1. The first kappa shape index (κ1) is 22.5. The number of ether oxygens (including phenoxy) is 3. The van der Waals surface area contributed by atoms with Gasteiger partial charge in [-0.3, -0.25) is 0 Å². The van der Waals surface area contributed by atoms with Crippen LogP contribution in [0.25, 0.3) is 0 Å². The van der Waals surface area contributed by atoms with E-state index in [0.717, 1.165) is 0 Å². The van der Waals surface area contributed by atoms with Crippen LogP contribution in [0.15, 0.2) is 54.6 Å². The lowest BCUT2D eigenvalue weighted by Gasteiger charge is -2.38. The molecule has 4 aliphatic rings. The third-order valence-corrected chi connectivity index (χ3v) is 6.62. The zero-order valence-corrected chi connectivity index (χ0v) is 18.4. The molecular weight excluding hydrogens is 410 g/mol. The van der Waals surface area contributed by atoms with E-state index in [2.05, 4.69) is 6.92 Å². The fraction of sp³-hybridized carbons (Fsp3) is 0.440. The lowest BCUT2D eigenvalue weighted by atomic mass is 9.87. The van der Waals surface area contributed by atoms with Crippen LogP contribution in [-0.2, 0) is 14.2 Å². The molecule has 4 aliphatic heterocycles. The van der Waals surface area contributed by atoms with Crippen LogP contribution >= 0.6 is 0 Å². The van der Waals surface area contributed by atoms with Crippen LogP contribution in [-0.4, -0.2) is 47.6 Å². The summed E-state index contributed by atoms with van der Waals surface area (Å²) < 4.78 is 17.6. The van der Waals surface area contributed by atoms with Gasteiger partial charge >= 0.3 is 11.9 Å². The van der Waals surface area contributed by atoms with Gasteiger partial charge in [0.25, 0.3) is 0 Å². The lowest BCUT2D eigenvalue weighted by Crippen LogP contribution is -2.49. The SMILES string of the molecule is C[C@@H](N)c1ccccc1.C[C@@H]1[C@@H]2O[C@@H]3[C@@H](OC(=O)c4ccccc4C(=O)O)[C@H]1O[C@@H]3[C@H]2C. The predicted octanol–water partition coefficient (Wildman–Crippen LogP) is 3.44. The molecule has 2 aromatic rings. The molecule has 3 N–H and O–H groups in total. The van der Waals surface area contributed by atoms with E-state index in [0.29, 0.717) is 0 Å². The maximum Gasteiger partial charge on any atom is 0.339 e. The van der Waals surface area contributed by atoms with Crippen molar-refractivity contribution in [1.29, 1.82) is 0 Å². The zero-order valence-electron chi connectivity index (χ0n) is 18.4. The first-order valence-electron chi connectivity index (χ1n) is 10.9. The van der Waals surface area contributed by atoms with Crippen LogP contribution in [0.3, 0.4) is 0 Å². The Labute approximate surface area is 187 Å². The molecule has 7 nitrogen and oxygen atoms in total. The van der Waals surface area contributed by atoms with Crippen LogP contribution in [0.2, 0.25) is 0 Å². The maximum absolute atomic E-state index is 12.5. The second-order valence-corrected chi connectivity index (χ2v) is 8.77. The highest BCUT2D eigenvalue weighted by Gasteiger charge is 2.65. The van der Waals surface area contributed by atoms with Gasteiger partial charge in [-0.05, 0) is 24.6 Å². The van der Waals surface area contributed by atoms with Crippen LogP contribution < -0.4 is 5.73 Å². The molecule has 0 aromatic heterocycles. The van der Waals surface area contributed by atoms with Crippen molar-refractivity contribution in [3.8, 4) is 0 Å². The minimum Gasteiger partial charge on any atom is -0.478 e. The summed E-state index contributed by atoms with van der Waals surface area (Å²) in [4.78, 5) is 23.7. The molecule has 0 aliphatic carbocycles. The van der Waals surface area contributed by atoms with Gasteiger partial charge in [0, 0.05) is 17.9 Å². The van der Waals surface area contributed by atoms with Crippen LogP contribution in [0.5, 0.6) is 0 Å². The molecule has 0 spiro atoms. The summed E-state index contributed by atoms with van der Waals surface area (Å²) in [6, 6.07) is 16.3. The third-order valence-electron chi connectivity index (χ3n) is 6.62. The molecule has 4 saturated heterocycles. The summed E-state index contributed by atoms with van der Waals surface area (Å²) in [5, 5.41) is 9.21. The molecule has 4 bridgehead atoms. The van der Waals surface area contributed by atoms with Crippen LogP contribution in [0, 0.1) is 11.8 Å². The first-order valence-corrected chi connectivity index (χ1v) is 10.9. The smallest absolute Gasteiger partial charge is 0.339 e. The van der Waals surface area contributed by atoms with E-state index < -0.39 is 18.0 Å². The molecule has 8 atom stereocenters. The monoisotopic (exact) mass is 439 g/mol. The summed E-state index contributed by atoms with van der Waals surface area (Å²) in [5.74, 6) is -1.37. The van der Waals surface area contributed by atoms with Crippen molar-refractivity contribution in [2.24, 2.45) is 17.6 Å². The molecule has 0 saturated carbocycles. The molecule has 4 fully saturated rings. The summed E-state index contributed by atoms with van der Waals surface area (Å²) in [5.41, 5.74) is 6.80. The average Bonchev–Trinajstić information content (AvgIpc) is 3.23. The van der Waals surface area contributed by atoms with Gasteiger partial charge in [-0.25, -0.2) is 9.59 Å². The van der Waals surface area contributed by atoms with Crippen LogP contribution in [0.4, 0.5) is 0 Å². The van der Waals surface area contributed by atoms with E-state index >= 15 is 0 Å². The molecule has 4 heterocycles. The largest absolute Gasteiger partial charge is 0.478 e. The number of carboxylic acid groups (broad SMARTS) is 1. The van der Waals surface area contributed by atoms with Crippen molar-refractivity contribution in [2.45, 2.75) is 57.3 Å². The van der Waals surface area contributed by atoms with Crippen molar-refractivity contribution >= 4 is 11.9 Å². The Morgan fingerprint density at radius 1 is 0.875 bits per heavy atom. The number of aromatic carboxylic acids is 1. The average molecular weight is 440 g/mol. The normalized spacial score (nSPS) is 32.7. The number of hydrogen-bond donors (Lipinski definition) is 2. The van der Waals surface area contributed by atoms with Gasteiger partial charge in [0.05, 0.1) is 23.3 Å². The second kappa shape index (κ2) is 9.02. The molecule has 2 aromatic carbocycles. The Kier molecular flexibility index (Phi) is 6.33. The summed E-state index contributed by atoms with van der Waals surface area (Å²) >= 11 is 0. The van der Waals surface area contributed by atoms with Gasteiger partial charge in [-0.2, -0.15) is 0 Å². The Hall–Kier alpha value is -2.74. The van der Waals surface area contributed by atoms with Gasteiger partial charge < -0.3 is 25.1 Å². The van der Waals surface area contributed by atoms with E-state index in [9.17, 15) is 14.7 Å². The summed E-state index contributed by atoms with van der Waals surface area (Å²) in [6.45, 7) is 6.11. The first-order chi connectivity index (χ1) is 15.3. The molecular formula is C25H29NO6. The Balaban J connectivity index is 0.000000230. The third kappa shape index (κ3) is 4.03. The van der Waals surface area contributed by atoms with Gasteiger partial charge in [-0.15, -0.1) is 0 Å². The molecule has 0 radical (unpaired) electrons. The highest BCUT2D eigenvalue weighted by Crippen LogP contribution is 2.50. The Morgan fingerprint density at radius 2 is 1.44 bits per heavy atom. The quantitative estimate of drug-likeness (QED) is 0.703. The number of rotatable bonds is 4. The van der Waals surface area contributed by atoms with Gasteiger partial charge in [0.1, 0.15) is 12.2 Å². The van der Waals surface area contributed by atoms with Crippen molar-refractivity contribution in [3.63, 3.8) is 0 Å². The van der Waals surface area contributed by atoms with E-state index in [1.54, 1.807) is 12.1 Å². The number of benzene rings is 2. The standard InChI is InChI=1S/C17H18O6.C8H11N/c1-7-11-8(2)13-15(14(21-11)12(7)22-13)23-17(20)10-6-4-3-5-9(10)16(18)19;1-7(9)8-5-3-2-4-6-8/h3-8,11-15H,1-2H3,(H,18,19);2-7H,9H2,1H3/t7-,8+,11+,12+,13-,14-,15-;7-/m01/s1. The topological polar surface area (TPSA) is 108 Å². The minimum absolute atomic E-state index is 0.0475. The molecule has 0 unspecified atom stereocenters. The van der Waals surface area contributed by atoms with Crippen molar-refractivity contribution in [2.75, 3.05) is 0 Å². The highest BCUT2D eigenvalue weighted by molar-refractivity contribution is 6.02. The van der Waals surface area contributed by atoms with E-state index in [4.69, 9.17) is 19.9 Å². The zero-order chi connectivity index (χ0) is 23.0.